The summed E-state index contributed by atoms with van der Waals surface area (Å²) in [5, 5.41) is 0.451. The highest BCUT2D eigenvalue weighted by Crippen LogP contribution is 2.26. The van der Waals surface area contributed by atoms with Gasteiger partial charge >= 0.3 is 6.36 Å². The van der Waals surface area contributed by atoms with E-state index < -0.39 is 6.36 Å². The monoisotopic (exact) mass is 256 g/mol. The van der Waals surface area contributed by atoms with Gasteiger partial charge in [0.1, 0.15) is 0 Å². The molecule has 6 heteroatoms. The van der Waals surface area contributed by atoms with Gasteiger partial charge in [0.25, 0.3) is 0 Å². The van der Waals surface area contributed by atoms with Crippen LogP contribution in [0.1, 0.15) is 5.56 Å². The first-order valence-electron chi connectivity index (χ1n) is 3.75. The van der Waals surface area contributed by atoms with Crippen LogP contribution in [0.2, 0.25) is 10.0 Å². The van der Waals surface area contributed by atoms with Crippen molar-refractivity contribution < 1.29 is 17.9 Å². The number of hydrogen-bond acceptors (Lipinski definition) is 1. The van der Waals surface area contributed by atoms with E-state index in [0.29, 0.717) is 11.8 Å². The van der Waals surface area contributed by atoms with E-state index in [-0.39, 0.29) is 10.0 Å². The molecule has 0 N–H and O–H groups in total. The predicted molar refractivity (Wildman–Crippen MR) is 52.6 cm³/mol. The normalized spacial score (nSPS) is 12.1. The maximum absolute atomic E-state index is 11.6. The van der Waals surface area contributed by atoms with E-state index in [1.807, 2.05) is 0 Å². The quantitative estimate of drug-likeness (QED) is 0.708. The molecule has 1 nitrogen and oxygen atoms in total. The third kappa shape index (κ3) is 4.01. The van der Waals surface area contributed by atoms with Crippen LogP contribution >= 0.6 is 23.2 Å². The molecule has 0 aliphatic carbocycles. The fourth-order valence-electron chi connectivity index (χ4n) is 0.834. The van der Waals surface area contributed by atoms with Gasteiger partial charge in [0, 0.05) is 0 Å². The molecule has 1 aromatic rings. The third-order valence-electron chi connectivity index (χ3n) is 1.43. The Bertz CT molecular complexity index is 374. The fraction of sp³-hybridized carbons (Fsp3) is 0.111. The molecule has 0 radical (unpaired) electrons. The number of hydrogen-bond donors (Lipinski definition) is 0. The van der Waals surface area contributed by atoms with E-state index in [2.05, 4.69) is 4.74 Å². The standard InChI is InChI=1S/C9H5Cl2F3O/c10-7-3-1-2-6(8(7)11)4-5-15-9(12,13)14/h1-5H. The first-order valence-corrected chi connectivity index (χ1v) is 4.51. The Labute approximate surface area is 94.1 Å². The van der Waals surface area contributed by atoms with Crippen molar-refractivity contribution >= 4 is 29.3 Å². The van der Waals surface area contributed by atoms with Gasteiger partial charge in [0.15, 0.2) is 0 Å². The zero-order valence-corrected chi connectivity index (χ0v) is 8.70. The average molecular weight is 257 g/mol. The Morgan fingerprint density at radius 1 is 1.20 bits per heavy atom. The smallest absolute Gasteiger partial charge is 0.414 e. The maximum Gasteiger partial charge on any atom is 0.572 e. The van der Waals surface area contributed by atoms with Crippen molar-refractivity contribution in [3.63, 3.8) is 0 Å². The summed E-state index contributed by atoms with van der Waals surface area (Å²) in [5.41, 5.74) is 0.355. The van der Waals surface area contributed by atoms with Gasteiger partial charge in [-0.3, -0.25) is 0 Å². The second-order valence-electron chi connectivity index (χ2n) is 2.51. The summed E-state index contributed by atoms with van der Waals surface area (Å²) in [7, 11) is 0. The lowest BCUT2D eigenvalue weighted by molar-refractivity contribution is -0.297. The highest BCUT2D eigenvalue weighted by Gasteiger charge is 2.28. The molecule has 15 heavy (non-hydrogen) atoms. The molecule has 0 fully saturated rings. The van der Waals surface area contributed by atoms with Crippen molar-refractivity contribution in [2.45, 2.75) is 6.36 Å². The van der Waals surface area contributed by atoms with Crippen LogP contribution in [0, 0.1) is 0 Å². The number of ether oxygens (including phenoxy) is 1. The van der Waals surface area contributed by atoms with E-state index in [9.17, 15) is 13.2 Å². The molecule has 0 bridgehead atoms. The maximum atomic E-state index is 11.6. The van der Waals surface area contributed by atoms with Gasteiger partial charge in [-0.1, -0.05) is 35.3 Å². The van der Waals surface area contributed by atoms with Crippen molar-refractivity contribution in [2.24, 2.45) is 0 Å². The van der Waals surface area contributed by atoms with Crippen LogP contribution in [-0.4, -0.2) is 6.36 Å². The van der Waals surface area contributed by atoms with Gasteiger partial charge < -0.3 is 4.74 Å². The molecule has 0 aliphatic heterocycles. The zero-order valence-electron chi connectivity index (χ0n) is 7.18. The Morgan fingerprint density at radius 2 is 1.87 bits per heavy atom. The Morgan fingerprint density at radius 3 is 2.47 bits per heavy atom. The second kappa shape index (κ2) is 4.77. The molecular formula is C9H5Cl2F3O. The summed E-state index contributed by atoms with van der Waals surface area (Å²) in [6, 6.07) is 4.62. The summed E-state index contributed by atoms with van der Waals surface area (Å²) in [6.07, 6.45) is -3.10. The number of benzene rings is 1. The molecule has 0 amide bonds. The van der Waals surface area contributed by atoms with Crippen LogP contribution in [0.5, 0.6) is 0 Å². The molecule has 1 aromatic carbocycles. The number of rotatable bonds is 2. The van der Waals surface area contributed by atoms with Crippen molar-refractivity contribution in [3.05, 3.63) is 40.1 Å². The molecule has 1 rings (SSSR count). The van der Waals surface area contributed by atoms with Crippen LogP contribution in [0.3, 0.4) is 0 Å². The second-order valence-corrected chi connectivity index (χ2v) is 3.29. The third-order valence-corrected chi connectivity index (χ3v) is 2.26. The lowest BCUT2D eigenvalue weighted by Crippen LogP contribution is -2.08. The van der Waals surface area contributed by atoms with E-state index in [4.69, 9.17) is 23.2 Å². The zero-order chi connectivity index (χ0) is 11.5. The number of halogens is 5. The topological polar surface area (TPSA) is 9.23 Å². The summed E-state index contributed by atoms with van der Waals surface area (Å²) in [6.45, 7) is 0. The van der Waals surface area contributed by atoms with Gasteiger partial charge in [-0.2, -0.15) is 0 Å². The average Bonchev–Trinajstić information content (AvgIpc) is 2.10. The summed E-state index contributed by atoms with van der Waals surface area (Å²) < 4.78 is 38.3. The van der Waals surface area contributed by atoms with Gasteiger partial charge in [0.05, 0.1) is 16.3 Å². The first kappa shape index (κ1) is 12.2. The SMILES string of the molecule is FC(F)(F)OC=Cc1cccc(Cl)c1Cl. The molecule has 0 saturated heterocycles. The van der Waals surface area contributed by atoms with E-state index in [1.54, 1.807) is 6.07 Å². The minimum Gasteiger partial charge on any atom is -0.414 e. The molecule has 82 valence electrons. The molecule has 0 unspecified atom stereocenters. The largest absolute Gasteiger partial charge is 0.572 e. The molecule has 0 aliphatic rings. The van der Waals surface area contributed by atoms with Gasteiger partial charge in [-0.25, -0.2) is 0 Å². The van der Waals surface area contributed by atoms with Crippen molar-refractivity contribution in [1.29, 1.82) is 0 Å². The summed E-state index contributed by atoms with van der Waals surface area (Å²) >= 11 is 11.4. The molecular weight excluding hydrogens is 252 g/mol. The minimum absolute atomic E-state index is 0.182. The van der Waals surface area contributed by atoms with Crippen LogP contribution in [0.15, 0.2) is 24.5 Å². The highest BCUT2D eigenvalue weighted by atomic mass is 35.5. The van der Waals surface area contributed by atoms with Crippen LogP contribution in [0.4, 0.5) is 13.2 Å². The summed E-state index contributed by atoms with van der Waals surface area (Å²) in [4.78, 5) is 0. The first-order chi connectivity index (χ1) is 6.90. The van der Waals surface area contributed by atoms with E-state index >= 15 is 0 Å². The number of alkyl halides is 3. The highest BCUT2D eigenvalue weighted by molar-refractivity contribution is 6.42. The van der Waals surface area contributed by atoms with Gasteiger partial charge in [-0.05, 0) is 17.7 Å². The van der Waals surface area contributed by atoms with Crippen molar-refractivity contribution in [3.8, 4) is 0 Å². The summed E-state index contributed by atoms with van der Waals surface area (Å²) in [5.74, 6) is 0. The molecule has 0 heterocycles. The fourth-order valence-corrected chi connectivity index (χ4v) is 1.20. The van der Waals surface area contributed by atoms with Crippen LogP contribution in [0.25, 0.3) is 6.08 Å². The van der Waals surface area contributed by atoms with Gasteiger partial charge in [-0.15, -0.1) is 13.2 Å². The molecule has 0 aromatic heterocycles. The molecule has 0 saturated carbocycles. The van der Waals surface area contributed by atoms with Crippen molar-refractivity contribution in [1.82, 2.24) is 0 Å². The van der Waals surface area contributed by atoms with Crippen molar-refractivity contribution in [2.75, 3.05) is 0 Å². The van der Waals surface area contributed by atoms with Crippen LogP contribution in [-0.2, 0) is 4.74 Å². The minimum atomic E-state index is -4.69. The Kier molecular flexibility index (Phi) is 3.88. The van der Waals surface area contributed by atoms with Crippen LogP contribution < -0.4 is 0 Å². The molecule has 0 spiro atoms. The van der Waals surface area contributed by atoms with E-state index in [0.717, 1.165) is 6.08 Å². The lowest BCUT2D eigenvalue weighted by Gasteiger charge is -2.03. The Balaban J connectivity index is 2.77. The Hall–Kier alpha value is -0.870. The van der Waals surface area contributed by atoms with Gasteiger partial charge in [0.2, 0.25) is 0 Å². The molecule has 0 atom stereocenters. The van der Waals surface area contributed by atoms with E-state index in [1.165, 1.54) is 12.1 Å². The predicted octanol–water partition coefficient (Wildman–Crippen LogP) is 4.50. The lowest BCUT2D eigenvalue weighted by atomic mass is 10.2.